The Morgan fingerprint density at radius 3 is 2.65 bits per heavy atom. The van der Waals surface area contributed by atoms with Gasteiger partial charge in [-0.3, -0.25) is 4.79 Å². The normalized spacial score (nSPS) is 14.0. The summed E-state index contributed by atoms with van der Waals surface area (Å²) < 4.78 is 30.1. The van der Waals surface area contributed by atoms with Crippen LogP contribution in [0.5, 0.6) is 5.75 Å². The largest absolute Gasteiger partial charge is 0.435 e. The third-order valence-corrected chi connectivity index (χ3v) is 4.21. The van der Waals surface area contributed by atoms with Crippen molar-refractivity contribution in [3.05, 3.63) is 64.5 Å². The average Bonchev–Trinajstić information content (AvgIpc) is 3.37. The number of rotatable bonds is 6. The fourth-order valence-corrected chi connectivity index (χ4v) is 2.73. The van der Waals surface area contributed by atoms with Gasteiger partial charge < -0.3 is 9.72 Å². The Hall–Kier alpha value is -3.03. The number of benzene rings is 1. The molecule has 1 saturated carbocycles. The van der Waals surface area contributed by atoms with Crippen LogP contribution in [0.15, 0.2) is 47.4 Å². The van der Waals surface area contributed by atoms with Gasteiger partial charge in [0.25, 0.3) is 5.56 Å². The molecule has 4 rings (SSSR count). The zero-order valence-corrected chi connectivity index (χ0v) is 13.7. The molecule has 1 fully saturated rings. The molecule has 0 spiro atoms. The highest BCUT2D eigenvalue weighted by molar-refractivity contribution is 5.59. The fourth-order valence-electron chi connectivity index (χ4n) is 2.73. The molecule has 0 radical (unpaired) electrons. The summed E-state index contributed by atoms with van der Waals surface area (Å²) in [5.74, 6) is 1.31. The number of aromatic nitrogens is 4. The first-order valence-electron chi connectivity index (χ1n) is 8.26. The molecule has 3 aromatic rings. The van der Waals surface area contributed by atoms with E-state index in [9.17, 15) is 13.6 Å². The fraction of sp³-hybridized carbons (Fsp3) is 0.278. The van der Waals surface area contributed by atoms with Gasteiger partial charge in [0.15, 0.2) is 0 Å². The topological polar surface area (TPSA) is 72.8 Å². The zero-order chi connectivity index (χ0) is 18.1. The van der Waals surface area contributed by atoms with E-state index < -0.39 is 6.61 Å². The molecule has 0 amide bonds. The van der Waals surface area contributed by atoms with Crippen molar-refractivity contribution >= 4 is 0 Å². The lowest BCUT2D eigenvalue weighted by atomic mass is 10.1. The summed E-state index contributed by atoms with van der Waals surface area (Å²) in [5, 5.41) is 4.35. The Kier molecular flexibility index (Phi) is 4.24. The number of H-pyrrole nitrogens is 1. The van der Waals surface area contributed by atoms with Crippen LogP contribution in [0, 0.1) is 0 Å². The first kappa shape index (κ1) is 16.4. The first-order chi connectivity index (χ1) is 12.6. The van der Waals surface area contributed by atoms with Gasteiger partial charge in [-0.15, -0.1) is 0 Å². The summed E-state index contributed by atoms with van der Waals surface area (Å²) in [4.78, 5) is 19.6. The molecule has 2 aromatic heterocycles. The van der Waals surface area contributed by atoms with E-state index in [1.807, 2.05) is 6.20 Å². The Balaban J connectivity index is 1.56. The lowest BCUT2D eigenvalue weighted by Gasteiger charge is -2.07. The molecule has 1 N–H and O–H groups in total. The van der Waals surface area contributed by atoms with Gasteiger partial charge in [-0.25, -0.2) is 9.67 Å². The second kappa shape index (κ2) is 6.70. The Labute approximate surface area is 147 Å². The molecule has 2 heterocycles. The maximum Gasteiger partial charge on any atom is 0.387 e. The van der Waals surface area contributed by atoms with Crippen molar-refractivity contribution in [2.75, 3.05) is 0 Å². The zero-order valence-electron chi connectivity index (χ0n) is 13.7. The molecule has 8 heteroatoms. The maximum absolute atomic E-state index is 12.2. The van der Waals surface area contributed by atoms with Crippen LogP contribution in [-0.4, -0.2) is 26.4 Å². The second-order valence-corrected chi connectivity index (χ2v) is 6.18. The van der Waals surface area contributed by atoms with Crippen molar-refractivity contribution in [2.24, 2.45) is 0 Å². The summed E-state index contributed by atoms with van der Waals surface area (Å²) >= 11 is 0. The number of nitrogens with one attached hydrogen (secondary N) is 1. The molecule has 6 nitrogen and oxygen atoms in total. The SMILES string of the molecule is O=c1ccc(-c2ccc(OC(F)F)cc2)nn1Cc1ncc(C2CC2)[nH]1. The smallest absolute Gasteiger partial charge is 0.387 e. The van der Waals surface area contributed by atoms with Crippen LogP contribution in [0.1, 0.15) is 30.3 Å². The van der Waals surface area contributed by atoms with Crippen molar-refractivity contribution in [1.82, 2.24) is 19.7 Å². The van der Waals surface area contributed by atoms with Crippen LogP contribution in [0.25, 0.3) is 11.3 Å². The molecule has 0 saturated heterocycles. The molecule has 0 bridgehead atoms. The van der Waals surface area contributed by atoms with E-state index in [4.69, 9.17) is 0 Å². The van der Waals surface area contributed by atoms with E-state index in [1.165, 1.54) is 35.7 Å². The minimum Gasteiger partial charge on any atom is -0.435 e. The second-order valence-electron chi connectivity index (χ2n) is 6.18. The predicted molar refractivity (Wildman–Crippen MR) is 90.2 cm³/mol. The van der Waals surface area contributed by atoms with Gasteiger partial charge in [-0.05, 0) is 43.2 Å². The molecule has 0 unspecified atom stereocenters. The van der Waals surface area contributed by atoms with Crippen LogP contribution in [-0.2, 0) is 6.54 Å². The van der Waals surface area contributed by atoms with Crippen molar-refractivity contribution in [2.45, 2.75) is 31.9 Å². The Morgan fingerprint density at radius 1 is 1.19 bits per heavy atom. The third kappa shape index (κ3) is 3.63. The van der Waals surface area contributed by atoms with Gasteiger partial charge in [0, 0.05) is 29.4 Å². The molecule has 26 heavy (non-hydrogen) atoms. The van der Waals surface area contributed by atoms with Gasteiger partial charge in [0.2, 0.25) is 0 Å². The number of imidazole rings is 1. The predicted octanol–water partition coefficient (Wildman–Crippen LogP) is 3.16. The number of hydrogen-bond acceptors (Lipinski definition) is 4. The average molecular weight is 358 g/mol. The number of alkyl halides is 2. The third-order valence-electron chi connectivity index (χ3n) is 4.21. The summed E-state index contributed by atoms with van der Waals surface area (Å²) in [6.45, 7) is -2.62. The number of aromatic amines is 1. The molecule has 0 atom stereocenters. The van der Waals surface area contributed by atoms with E-state index in [-0.39, 0.29) is 17.9 Å². The first-order valence-corrected chi connectivity index (χ1v) is 8.26. The van der Waals surface area contributed by atoms with Crippen LogP contribution >= 0.6 is 0 Å². The van der Waals surface area contributed by atoms with Gasteiger partial charge in [-0.1, -0.05) is 0 Å². The quantitative estimate of drug-likeness (QED) is 0.735. The number of nitrogens with zero attached hydrogens (tertiary/aromatic N) is 3. The minimum atomic E-state index is -2.87. The van der Waals surface area contributed by atoms with Crippen molar-refractivity contribution in [3.8, 4) is 17.0 Å². The van der Waals surface area contributed by atoms with Gasteiger partial charge >= 0.3 is 6.61 Å². The van der Waals surface area contributed by atoms with E-state index in [2.05, 4.69) is 19.8 Å². The standard InChI is InChI=1S/C18H16F2N4O2/c19-18(20)26-13-5-3-11(4-6-13)14-7-8-17(25)24(23-14)10-16-21-9-15(22-16)12-1-2-12/h3-9,12,18H,1-2,10H2,(H,21,22). The monoisotopic (exact) mass is 358 g/mol. The lowest BCUT2D eigenvalue weighted by molar-refractivity contribution is -0.0498. The highest BCUT2D eigenvalue weighted by Crippen LogP contribution is 2.38. The summed E-state index contributed by atoms with van der Waals surface area (Å²) in [6, 6.07) is 9.14. The van der Waals surface area contributed by atoms with E-state index in [0.29, 0.717) is 23.0 Å². The van der Waals surface area contributed by atoms with Crippen molar-refractivity contribution in [3.63, 3.8) is 0 Å². The van der Waals surface area contributed by atoms with E-state index in [0.717, 1.165) is 5.69 Å². The molecule has 134 valence electrons. The molecular weight excluding hydrogens is 342 g/mol. The Morgan fingerprint density at radius 2 is 1.96 bits per heavy atom. The van der Waals surface area contributed by atoms with Gasteiger partial charge in [0.1, 0.15) is 18.1 Å². The molecule has 0 aliphatic heterocycles. The van der Waals surface area contributed by atoms with Crippen LogP contribution in [0.4, 0.5) is 8.78 Å². The van der Waals surface area contributed by atoms with Crippen molar-refractivity contribution in [1.29, 1.82) is 0 Å². The van der Waals surface area contributed by atoms with Gasteiger partial charge in [-0.2, -0.15) is 13.9 Å². The molecule has 1 aromatic carbocycles. The highest BCUT2D eigenvalue weighted by Gasteiger charge is 2.25. The lowest BCUT2D eigenvalue weighted by Crippen LogP contribution is -2.23. The molecule has 1 aliphatic rings. The van der Waals surface area contributed by atoms with Crippen LogP contribution in [0.3, 0.4) is 0 Å². The van der Waals surface area contributed by atoms with Gasteiger partial charge in [0.05, 0.1) is 5.69 Å². The summed E-state index contributed by atoms with van der Waals surface area (Å²) in [6.07, 6.45) is 4.14. The summed E-state index contributed by atoms with van der Waals surface area (Å²) in [7, 11) is 0. The maximum atomic E-state index is 12.2. The van der Waals surface area contributed by atoms with Crippen LogP contribution in [0.2, 0.25) is 0 Å². The number of hydrogen-bond donors (Lipinski definition) is 1. The number of ether oxygens (including phenoxy) is 1. The molecule has 1 aliphatic carbocycles. The van der Waals surface area contributed by atoms with E-state index >= 15 is 0 Å². The van der Waals surface area contributed by atoms with Crippen molar-refractivity contribution < 1.29 is 13.5 Å². The minimum absolute atomic E-state index is 0.0697. The number of halogens is 2. The Bertz CT molecular complexity index is 962. The molecular formula is C18H16F2N4O2. The van der Waals surface area contributed by atoms with Crippen LogP contribution < -0.4 is 10.3 Å². The highest BCUT2D eigenvalue weighted by atomic mass is 19.3. The van der Waals surface area contributed by atoms with E-state index in [1.54, 1.807) is 18.2 Å². The summed E-state index contributed by atoms with van der Waals surface area (Å²) in [5.41, 5.74) is 2.11.